The van der Waals surface area contributed by atoms with Gasteiger partial charge in [0, 0.05) is 18.5 Å². The molecule has 5 heteroatoms. The van der Waals surface area contributed by atoms with E-state index in [0.717, 1.165) is 5.56 Å². The zero-order valence-corrected chi connectivity index (χ0v) is 9.79. The topological polar surface area (TPSA) is 57.6 Å². The van der Waals surface area contributed by atoms with E-state index < -0.39 is 11.9 Å². The highest BCUT2D eigenvalue weighted by Crippen LogP contribution is 2.22. The molecule has 1 N–H and O–H groups in total. The molecule has 0 aliphatic carbocycles. The van der Waals surface area contributed by atoms with E-state index in [0.29, 0.717) is 25.1 Å². The normalized spacial score (nSPS) is 20.1. The minimum absolute atomic E-state index is 0.0394. The van der Waals surface area contributed by atoms with Gasteiger partial charge >= 0.3 is 5.97 Å². The van der Waals surface area contributed by atoms with Crippen molar-refractivity contribution in [3.8, 4) is 0 Å². The summed E-state index contributed by atoms with van der Waals surface area (Å²) in [4.78, 5) is 24.5. The van der Waals surface area contributed by atoms with Crippen molar-refractivity contribution in [2.24, 2.45) is 5.92 Å². The van der Waals surface area contributed by atoms with Crippen LogP contribution in [0.15, 0.2) is 10.8 Å². The summed E-state index contributed by atoms with van der Waals surface area (Å²) in [6.07, 6.45) is 0.560. The highest BCUT2D eigenvalue weighted by molar-refractivity contribution is 7.08. The molecule has 0 saturated carbocycles. The van der Waals surface area contributed by atoms with Gasteiger partial charge in [0.05, 0.1) is 11.5 Å². The molecule has 2 rings (SSSR count). The number of carboxylic acids is 1. The summed E-state index contributed by atoms with van der Waals surface area (Å²) < 4.78 is 0. The SMILES string of the molecule is Cc1cscc1C(=O)N1CCC(C(=O)O)C1. The molecule has 2 heterocycles. The molecule has 0 bridgehead atoms. The third kappa shape index (κ3) is 1.95. The van der Waals surface area contributed by atoms with Crippen LogP contribution in [-0.4, -0.2) is 35.0 Å². The number of rotatable bonds is 2. The van der Waals surface area contributed by atoms with Crippen LogP contribution in [0.2, 0.25) is 0 Å². The van der Waals surface area contributed by atoms with Crippen molar-refractivity contribution in [1.29, 1.82) is 0 Å². The molecule has 1 fully saturated rings. The Labute approximate surface area is 97.5 Å². The van der Waals surface area contributed by atoms with Crippen molar-refractivity contribution < 1.29 is 14.7 Å². The van der Waals surface area contributed by atoms with Gasteiger partial charge in [0.1, 0.15) is 0 Å². The third-order valence-electron chi connectivity index (χ3n) is 2.91. The minimum atomic E-state index is -0.808. The predicted octanol–water partition coefficient (Wildman–Crippen LogP) is 1.60. The van der Waals surface area contributed by atoms with Gasteiger partial charge in [-0.3, -0.25) is 9.59 Å². The van der Waals surface area contributed by atoms with E-state index in [9.17, 15) is 9.59 Å². The summed E-state index contributed by atoms with van der Waals surface area (Å²) in [5.74, 6) is -1.25. The van der Waals surface area contributed by atoms with Crippen molar-refractivity contribution in [2.75, 3.05) is 13.1 Å². The number of carboxylic acid groups (broad SMARTS) is 1. The first kappa shape index (κ1) is 11.1. The summed E-state index contributed by atoms with van der Waals surface area (Å²) in [6, 6.07) is 0. The molecule has 0 aromatic carbocycles. The Morgan fingerprint density at radius 2 is 2.25 bits per heavy atom. The maximum Gasteiger partial charge on any atom is 0.308 e. The van der Waals surface area contributed by atoms with Crippen LogP contribution in [0.5, 0.6) is 0 Å². The third-order valence-corrected chi connectivity index (χ3v) is 3.77. The van der Waals surface area contributed by atoms with E-state index in [2.05, 4.69) is 0 Å². The monoisotopic (exact) mass is 239 g/mol. The molecule has 1 aromatic rings. The fourth-order valence-electron chi connectivity index (χ4n) is 1.90. The number of hydrogen-bond acceptors (Lipinski definition) is 3. The minimum Gasteiger partial charge on any atom is -0.481 e. The van der Waals surface area contributed by atoms with Gasteiger partial charge in [-0.2, -0.15) is 11.3 Å². The number of amides is 1. The van der Waals surface area contributed by atoms with Crippen LogP contribution >= 0.6 is 11.3 Å². The molecule has 1 saturated heterocycles. The Morgan fingerprint density at radius 3 is 2.75 bits per heavy atom. The highest BCUT2D eigenvalue weighted by atomic mass is 32.1. The quantitative estimate of drug-likeness (QED) is 0.853. The average Bonchev–Trinajstić information content (AvgIpc) is 2.84. The summed E-state index contributed by atoms with van der Waals surface area (Å²) in [6.45, 7) is 2.78. The predicted molar refractivity (Wildman–Crippen MR) is 60.7 cm³/mol. The molecular weight excluding hydrogens is 226 g/mol. The number of likely N-dealkylation sites (tertiary alicyclic amines) is 1. The molecule has 0 spiro atoms. The first-order chi connectivity index (χ1) is 7.59. The van der Waals surface area contributed by atoms with Gasteiger partial charge in [-0.1, -0.05) is 0 Å². The van der Waals surface area contributed by atoms with E-state index in [1.807, 2.05) is 17.7 Å². The van der Waals surface area contributed by atoms with Crippen molar-refractivity contribution in [1.82, 2.24) is 4.90 Å². The molecule has 1 aromatic heterocycles. The summed E-state index contributed by atoms with van der Waals surface area (Å²) in [7, 11) is 0. The van der Waals surface area contributed by atoms with Gasteiger partial charge in [-0.15, -0.1) is 0 Å². The Kier molecular flexibility index (Phi) is 2.96. The van der Waals surface area contributed by atoms with Crippen LogP contribution in [0, 0.1) is 12.8 Å². The standard InChI is InChI=1S/C11H13NO3S/c1-7-5-16-6-9(7)10(13)12-3-2-8(4-12)11(14)15/h5-6,8H,2-4H2,1H3,(H,14,15). The molecule has 1 aliphatic heterocycles. The Balaban J connectivity index is 2.08. The number of thiophene rings is 1. The summed E-state index contributed by atoms with van der Waals surface area (Å²) in [5.41, 5.74) is 1.67. The van der Waals surface area contributed by atoms with Crippen molar-refractivity contribution in [2.45, 2.75) is 13.3 Å². The van der Waals surface area contributed by atoms with E-state index in [1.54, 1.807) is 4.90 Å². The lowest BCUT2D eigenvalue weighted by Crippen LogP contribution is -2.30. The van der Waals surface area contributed by atoms with Crippen LogP contribution in [0.25, 0.3) is 0 Å². The molecule has 1 aliphatic rings. The lowest BCUT2D eigenvalue weighted by atomic mass is 10.1. The number of carbonyl (C=O) groups is 2. The number of carbonyl (C=O) groups excluding carboxylic acids is 1. The molecule has 16 heavy (non-hydrogen) atoms. The van der Waals surface area contributed by atoms with Crippen LogP contribution in [0.4, 0.5) is 0 Å². The second-order valence-electron chi connectivity index (χ2n) is 4.04. The lowest BCUT2D eigenvalue weighted by molar-refractivity contribution is -0.141. The first-order valence-corrected chi connectivity index (χ1v) is 6.08. The van der Waals surface area contributed by atoms with Gasteiger partial charge in [0.2, 0.25) is 0 Å². The van der Waals surface area contributed by atoms with E-state index in [-0.39, 0.29) is 5.91 Å². The molecule has 1 atom stereocenters. The van der Waals surface area contributed by atoms with E-state index in [4.69, 9.17) is 5.11 Å². The molecule has 4 nitrogen and oxygen atoms in total. The smallest absolute Gasteiger partial charge is 0.308 e. The molecule has 0 radical (unpaired) electrons. The summed E-state index contributed by atoms with van der Waals surface area (Å²) >= 11 is 1.50. The van der Waals surface area contributed by atoms with Gasteiger partial charge in [0.25, 0.3) is 5.91 Å². The highest BCUT2D eigenvalue weighted by Gasteiger charge is 2.31. The lowest BCUT2D eigenvalue weighted by Gasteiger charge is -2.15. The number of nitrogens with zero attached hydrogens (tertiary/aromatic N) is 1. The van der Waals surface area contributed by atoms with Gasteiger partial charge in [-0.25, -0.2) is 0 Å². The largest absolute Gasteiger partial charge is 0.481 e. The molecule has 1 amide bonds. The Morgan fingerprint density at radius 1 is 1.50 bits per heavy atom. The Bertz CT molecular complexity index is 427. The van der Waals surface area contributed by atoms with Gasteiger partial charge in [-0.05, 0) is 24.3 Å². The number of aliphatic carboxylic acids is 1. The van der Waals surface area contributed by atoms with Crippen LogP contribution in [0.1, 0.15) is 22.3 Å². The van der Waals surface area contributed by atoms with E-state index in [1.165, 1.54) is 11.3 Å². The molecule has 86 valence electrons. The van der Waals surface area contributed by atoms with Gasteiger partial charge in [0.15, 0.2) is 0 Å². The number of aryl methyl sites for hydroxylation is 1. The molecular formula is C11H13NO3S. The van der Waals surface area contributed by atoms with Crippen LogP contribution < -0.4 is 0 Å². The maximum atomic E-state index is 12.0. The zero-order chi connectivity index (χ0) is 11.7. The molecule has 1 unspecified atom stereocenters. The Hall–Kier alpha value is -1.36. The second-order valence-corrected chi connectivity index (χ2v) is 4.79. The van der Waals surface area contributed by atoms with Crippen molar-refractivity contribution in [3.05, 3.63) is 21.9 Å². The fraction of sp³-hybridized carbons (Fsp3) is 0.455. The van der Waals surface area contributed by atoms with Crippen LogP contribution in [-0.2, 0) is 4.79 Å². The van der Waals surface area contributed by atoms with Crippen LogP contribution in [0.3, 0.4) is 0 Å². The summed E-state index contributed by atoms with van der Waals surface area (Å²) in [5, 5.41) is 12.6. The average molecular weight is 239 g/mol. The van der Waals surface area contributed by atoms with Gasteiger partial charge < -0.3 is 10.0 Å². The van der Waals surface area contributed by atoms with E-state index >= 15 is 0 Å². The van der Waals surface area contributed by atoms with Crippen molar-refractivity contribution in [3.63, 3.8) is 0 Å². The number of hydrogen-bond donors (Lipinski definition) is 1. The van der Waals surface area contributed by atoms with Crippen molar-refractivity contribution >= 4 is 23.2 Å². The fourth-order valence-corrected chi connectivity index (χ4v) is 2.72. The zero-order valence-electron chi connectivity index (χ0n) is 8.97. The second kappa shape index (κ2) is 4.25. The first-order valence-electron chi connectivity index (χ1n) is 5.14. The maximum absolute atomic E-state index is 12.0.